The van der Waals surface area contributed by atoms with Crippen molar-refractivity contribution in [2.45, 2.75) is 19.4 Å². The molecule has 168 valence electrons. The standard InChI is InChI=1S/C25H25N5O2S/c31-25(32-15-20-16-33-17-28-20)27-11-7-18-9-12-30(14-18)24-6-2-5-23(29-24)22-4-1-3-19-13-26-10-8-21(19)22/h1-6,8,10,13,16-18H,7,9,11-12,14-15H2,(H,27,31). The molecular formula is C25H25N5O2S. The number of pyridine rings is 2. The van der Waals surface area contributed by atoms with Gasteiger partial charge in [0.15, 0.2) is 0 Å². The maximum atomic E-state index is 11.9. The molecular weight excluding hydrogens is 434 g/mol. The van der Waals surface area contributed by atoms with Crippen molar-refractivity contribution < 1.29 is 9.53 Å². The summed E-state index contributed by atoms with van der Waals surface area (Å²) in [5.41, 5.74) is 4.59. The number of carbonyl (C=O) groups is 1. The second kappa shape index (κ2) is 9.95. The van der Waals surface area contributed by atoms with Gasteiger partial charge in [0, 0.05) is 48.4 Å². The van der Waals surface area contributed by atoms with E-state index >= 15 is 0 Å². The lowest BCUT2D eigenvalue weighted by Gasteiger charge is -2.19. The van der Waals surface area contributed by atoms with E-state index in [0.717, 1.165) is 59.5 Å². The van der Waals surface area contributed by atoms with E-state index in [1.54, 1.807) is 5.51 Å². The number of ether oxygens (including phenoxy) is 1. The highest BCUT2D eigenvalue weighted by atomic mass is 32.1. The smallest absolute Gasteiger partial charge is 0.407 e. The quantitative estimate of drug-likeness (QED) is 0.424. The van der Waals surface area contributed by atoms with Gasteiger partial charge in [-0.1, -0.05) is 24.3 Å². The summed E-state index contributed by atoms with van der Waals surface area (Å²) >= 11 is 1.49. The fraction of sp³-hybridized carbons (Fsp3) is 0.280. The fourth-order valence-electron chi connectivity index (χ4n) is 4.25. The summed E-state index contributed by atoms with van der Waals surface area (Å²) in [7, 11) is 0. The van der Waals surface area contributed by atoms with Gasteiger partial charge < -0.3 is 15.0 Å². The van der Waals surface area contributed by atoms with Gasteiger partial charge in [-0.15, -0.1) is 11.3 Å². The van der Waals surface area contributed by atoms with Crippen LogP contribution in [0.3, 0.4) is 0 Å². The first-order valence-electron chi connectivity index (χ1n) is 11.1. The molecule has 1 unspecified atom stereocenters. The molecule has 1 atom stereocenters. The highest BCUT2D eigenvalue weighted by molar-refractivity contribution is 7.07. The topological polar surface area (TPSA) is 80.2 Å². The molecule has 4 aromatic rings. The molecule has 0 radical (unpaired) electrons. The number of carbonyl (C=O) groups excluding carboxylic acids is 1. The first-order valence-corrected chi connectivity index (χ1v) is 12.0. The van der Waals surface area contributed by atoms with Crippen molar-refractivity contribution in [1.29, 1.82) is 0 Å². The Hall–Kier alpha value is -3.52. The molecule has 1 aromatic carbocycles. The molecule has 1 aliphatic rings. The molecule has 7 nitrogen and oxygen atoms in total. The Kier molecular flexibility index (Phi) is 6.44. The van der Waals surface area contributed by atoms with E-state index in [1.807, 2.05) is 23.8 Å². The summed E-state index contributed by atoms with van der Waals surface area (Å²) in [6, 6.07) is 14.5. The Balaban J connectivity index is 1.16. The fourth-order valence-corrected chi connectivity index (χ4v) is 4.79. The van der Waals surface area contributed by atoms with E-state index in [1.165, 1.54) is 11.3 Å². The summed E-state index contributed by atoms with van der Waals surface area (Å²) in [6.45, 7) is 2.72. The van der Waals surface area contributed by atoms with Crippen molar-refractivity contribution in [3.63, 3.8) is 0 Å². The number of alkyl carbamates (subject to hydrolysis) is 1. The monoisotopic (exact) mass is 459 g/mol. The minimum absolute atomic E-state index is 0.210. The summed E-state index contributed by atoms with van der Waals surface area (Å²) < 4.78 is 5.20. The van der Waals surface area contributed by atoms with E-state index in [-0.39, 0.29) is 6.61 Å². The van der Waals surface area contributed by atoms with Gasteiger partial charge in [-0.3, -0.25) is 4.98 Å². The molecule has 0 bridgehead atoms. The Morgan fingerprint density at radius 3 is 3.06 bits per heavy atom. The van der Waals surface area contributed by atoms with Crippen molar-refractivity contribution >= 4 is 34.0 Å². The second-order valence-electron chi connectivity index (χ2n) is 8.16. The summed E-state index contributed by atoms with van der Waals surface area (Å²) in [5, 5.41) is 6.99. The Morgan fingerprint density at radius 1 is 1.21 bits per heavy atom. The number of nitrogens with one attached hydrogen (secondary N) is 1. The van der Waals surface area contributed by atoms with Crippen molar-refractivity contribution in [2.75, 3.05) is 24.5 Å². The molecule has 0 saturated carbocycles. The number of aromatic nitrogens is 3. The van der Waals surface area contributed by atoms with E-state index in [2.05, 4.69) is 56.6 Å². The third kappa shape index (κ3) is 5.12. The number of hydrogen-bond donors (Lipinski definition) is 1. The van der Waals surface area contributed by atoms with Gasteiger partial charge >= 0.3 is 6.09 Å². The predicted molar refractivity (Wildman–Crippen MR) is 130 cm³/mol. The Morgan fingerprint density at radius 2 is 2.15 bits per heavy atom. The molecule has 33 heavy (non-hydrogen) atoms. The molecule has 0 spiro atoms. The van der Waals surface area contributed by atoms with Gasteiger partial charge in [-0.2, -0.15) is 0 Å². The van der Waals surface area contributed by atoms with Crippen LogP contribution < -0.4 is 10.2 Å². The van der Waals surface area contributed by atoms with Crippen LogP contribution in [0.5, 0.6) is 0 Å². The van der Waals surface area contributed by atoms with E-state index < -0.39 is 6.09 Å². The molecule has 1 aliphatic heterocycles. The summed E-state index contributed by atoms with van der Waals surface area (Å²) in [6.07, 6.45) is 5.32. The number of benzene rings is 1. The number of hydrogen-bond acceptors (Lipinski definition) is 7. The average molecular weight is 460 g/mol. The maximum absolute atomic E-state index is 11.9. The number of amides is 1. The highest BCUT2D eigenvalue weighted by Gasteiger charge is 2.23. The van der Waals surface area contributed by atoms with Gasteiger partial charge in [0.1, 0.15) is 12.4 Å². The van der Waals surface area contributed by atoms with Crippen LogP contribution in [-0.2, 0) is 11.3 Å². The number of anilines is 1. The lowest BCUT2D eigenvalue weighted by Crippen LogP contribution is -2.27. The first-order chi connectivity index (χ1) is 16.3. The molecule has 1 amide bonds. The Labute approximate surface area is 196 Å². The van der Waals surface area contributed by atoms with Gasteiger partial charge in [0.25, 0.3) is 0 Å². The van der Waals surface area contributed by atoms with Crippen molar-refractivity contribution in [3.05, 3.63) is 71.4 Å². The second-order valence-corrected chi connectivity index (χ2v) is 8.87. The molecule has 0 aliphatic carbocycles. The van der Waals surface area contributed by atoms with E-state index in [9.17, 15) is 4.79 Å². The molecule has 8 heteroatoms. The van der Waals surface area contributed by atoms with Crippen LogP contribution in [0.25, 0.3) is 22.0 Å². The van der Waals surface area contributed by atoms with Gasteiger partial charge in [-0.25, -0.2) is 14.8 Å². The minimum Gasteiger partial charge on any atom is -0.443 e. The number of rotatable bonds is 7. The highest BCUT2D eigenvalue weighted by Crippen LogP contribution is 2.30. The van der Waals surface area contributed by atoms with Gasteiger partial charge in [0.2, 0.25) is 0 Å². The van der Waals surface area contributed by atoms with Crippen molar-refractivity contribution in [3.8, 4) is 11.3 Å². The van der Waals surface area contributed by atoms with Crippen LogP contribution in [0.4, 0.5) is 10.6 Å². The largest absolute Gasteiger partial charge is 0.443 e. The third-order valence-corrected chi connectivity index (χ3v) is 6.59. The number of nitrogens with zero attached hydrogens (tertiary/aromatic N) is 4. The van der Waals surface area contributed by atoms with Crippen LogP contribution >= 0.6 is 11.3 Å². The minimum atomic E-state index is -0.391. The van der Waals surface area contributed by atoms with Crippen LogP contribution in [0, 0.1) is 5.92 Å². The van der Waals surface area contributed by atoms with Crippen molar-refractivity contribution in [2.24, 2.45) is 5.92 Å². The van der Waals surface area contributed by atoms with Gasteiger partial charge in [-0.05, 0) is 42.3 Å². The van der Waals surface area contributed by atoms with Crippen LogP contribution in [0.1, 0.15) is 18.5 Å². The van der Waals surface area contributed by atoms with E-state index in [4.69, 9.17) is 9.72 Å². The Bertz CT molecular complexity index is 1230. The molecule has 1 saturated heterocycles. The summed E-state index contributed by atoms with van der Waals surface area (Å²) in [4.78, 5) is 27.5. The van der Waals surface area contributed by atoms with Crippen LogP contribution in [0.15, 0.2) is 65.7 Å². The molecule has 5 rings (SSSR count). The van der Waals surface area contributed by atoms with Crippen molar-refractivity contribution in [1.82, 2.24) is 20.3 Å². The average Bonchev–Trinajstić information content (AvgIpc) is 3.55. The predicted octanol–water partition coefficient (Wildman–Crippen LogP) is 4.90. The third-order valence-electron chi connectivity index (χ3n) is 5.96. The lowest BCUT2D eigenvalue weighted by molar-refractivity contribution is 0.138. The lowest BCUT2D eigenvalue weighted by atomic mass is 10.0. The zero-order chi connectivity index (χ0) is 22.5. The first kappa shape index (κ1) is 21.3. The molecule has 3 aromatic heterocycles. The van der Waals surface area contributed by atoms with Crippen LogP contribution in [-0.4, -0.2) is 40.7 Å². The van der Waals surface area contributed by atoms with Crippen LogP contribution in [0.2, 0.25) is 0 Å². The zero-order valence-corrected chi connectivity index (χ0v) is 19.0. The molecule has 1 fully saturated rings. The molecule has 4 heterocycles. The van der Waals surface area contributed by atoms with Gasteiger partial charge in [0.05, 0.1) is 16.9 Å². The van der Waals surface area contributed by atoms with E-state index in [0.29, 0.717) is 12.5 Å². The number of thiazole rings is 1. The normalized spacial score (nSPS) is 15.6. The zero-order valence-electron chi connectivity index (χ0n) is 18.2. The maximum Gasteiger partial charge on any atom is 0.407 e. The number of fused-ring (bicyclic) bond motifs is 1. The molecule has 1 N–H and O–H groups in total. The summed E-state index contributed by atoms with van der Waals surface area (Å²) in [5.74, 6) is 1.51. The SMILES string of the molecule is O=C(NCCC1CCN(c2cccc(-c3cccc4cnccc34)n2)C1)OCc1cscn1.